The van der Waals surface area contributed by atoms with Crippen molar-refractivity contribution < 1.29 is 0 Å². The van der Waals surface area contributed by atoms with Gasteiger partial charge in [0.25, 0.3) is 0 Å². The third-order valence-electron chi connectivity index (χ3n) is 12.7. The maximum absolute atomic E-state index is 2.58. The minimum absolute atomic E-state index is 0.0186. The van der Waals surface area contributed by atoms with Crippen LogP contribution in [0.2, 0.25) is 0 Å². The van der Waals surface area contributed by atoms with Crippen molar-refractivity contribution in [2.45, 2.75) is 45.8 Å². The van der Waals surface area contributed by atoms with Crippen molar-refractivity contribution in [1.82, 2.24) is 0 Å². The zero-order chi connectivity index (χ0) is 41.1. The van der Waals surface area contributed by atoms with Crippen LogP contribution in [0.25, 0.3) is 33.4 Å². The second-order valence-corrected chi connectivity index (χ2v) is 20.4. The number of nitrogens with zero attached hydrogens (tertiary/aromatic N) is 1. The molecule has 0 bridgehead atoms. The van der Waals surface area contributed by atoms with E-state index in [2.05, 4.69) is 250 Å². The Labute approximate surface area is 362 Å². The fourth-order valence-electron chi connectivity index (χ4n) is 9.80. The molecule has 0 atom stereocenters. The predicted octanol–water partition coefficient (Wildman–Crippen LogP) is 13.9. The molecule has 0 unspecified atom stereocenters. The first-order valence-electron chi connectivity index (χ1n) is 21.4. The number of anilines is 3. The number of benzene rings is 9. The number of hydrogen-bond donors (Lipinski definition) is 0. The molecular formula is C58H46BNS. The van der Waals surface area contributed by atoms with Gasteiger partial charge in [-0.25, -0.2) is 0 Å². The molecule has 9 aromatic carbocycles. The number of hydrogen-bond acceptors (Lipinski definition) is 1. The van der Waals surface area contributed by atoms with Gasteiger partial charge < -0.3 is 4.90 Å². The minimum Gasteiger partial charge on any atom is -0.311 e. The lowest BCUT2D eigenvalue weighted by Crippen LogP contribution is -2.61. The molecule has 11 rings (SSSR count). The topological polar surface area (TPSA) is 3.24 Å². The summed E-state index contributed by atoms with van der Waals surface area (Å²) in [5, 5.41) is 0. The van der Waals surface area contributed by atoms with E-state index in [1.807, 2.05) is 0 Å². The molecule has 0 aromatic heterocycles. The Hall–Kier alpha value is -6.81. The highest BCUT2D eigenvalue weighted by Crippen LogP contribution is 2.74. The van der Waals surface area contributed by atoms with Crippen molar-refractivity contribution in [3.63, 3.8) is 0 Å². The molecule has 3 heteroatoms. The molecule has 0 aliphatic carbocycles. The van der Waals surface area contributed by atoms with Crippen molar-refractivity contribution in [3.8, 4) is 33.4 Å². The van der Waals surface area contributed by atoms with E-state index in [1.54, 1.807) is 0 Å². The quantitative estimate of drug-likeness (QED) is 0.151. The maximum Gasteiger partial charge on any atom is 0.249 e. The van der Waals surface area contributed by atoms with Crippen LogP contribution in [0.15, 0.2) is 244 Å². The van der Waals surface area contributed by atoms with Crippen LogP contribution >= 0.6 is 10.0 Å². The molecule has 2 heterocycles. The lowest BCUT2D eigenvalue weighted by molar-refractivity contribution is 0.590. The summed E-state index contributed by atoms with van der Waals surface area (Å²) in [6.07, 6.45) is 0. The fraction of sp³-hybridized carbons (Fsp3) is 0.0690. The van der Waals surface area contributed by atoms with Crippen molar-refractivity contribution in [2.75, 3.05) is 4.90 Å². The zero-order valence-electron chi connectivity index (χ0n) is 34.8. The molecule has 292 valence electrons. The smallest absolute Gasteiger partial charge is 0.249 e. The molecule has 0 amide bonds. The highest BCUT2D eigenvalue weighted by Gasteiger charge is 2.49. The second-order valence-electron chi connectivity index (χ2n) is 17.3. The van der Waals surface area contributed by atoms with Crippen LogP contribution in [-0.2, 0) is 5.41 Å². The highest BCUT2D eigenvalue weighted by molar-refractivity contribution is 8.34. The average Bonchev–Trinajstić information content (AvgIpc) is 3.32. The van der Waals surface area contributed by atoms with E-state index >= 15 is 0 Å². The fourth-order valence-corrected chi connectivity index (χ4v) is 14.1. The average molecular weight is 800 g/mol. The largest absolute Gasteiger partial charge is 0.311 e. The van der Waals surface area contributed by atoms with Gasteiger partial charge in [0, 0.05) is 31.7 Å². The SMILES string of the molecule is CC(C)(C)c1ccc(-c2cc3c4c(c2)S(c2ccccc2)(c2ccccc2)c2ccccc2B4c2cc(-c4ccccc4)ccc2N3c2ccc(-c3ccccc3)cc2)cc1. The summed E-state index contributed by atoms with van der Waals surface area (Å²) in [4.78, 5) is 8.07. The normalized spacial score (nSPS) is 14.1. The van der Waals surface area contributed by atoms with E-state index in [0.29, 0.717) is 0 Å². The summed E-state index contributed by atoms with van der Waals surface area (Å²) in [5.41, 5.74) is 16.4. The molecule has 9 aromatic rings. The second kappa shape index (κ2) is 14.7. The van der Waals surface area contributed by atoms with Crippen molar-refractivity contribution in [1.29, 1.82) is 0 Å². The van der Waals surface area contributed by atoms with Gasteiger partial charge >= 0.3 is 0 Å². The Morgan fingerprint density at radius 1 is 0.377 bits per heavy atom. The predicted molar refractivity (Wildman–Crippen MR) is 261 cm³/mol. The van der Waals surface area contributed by atoms with Gasteiger partial charge in [0.1, 0.15) is 0 Å². The maximum atomic E-state index is 2.58. The monoisotopic (exact) mass is 799 g/mol. The lowest BCUT2D eigenvalue weighted by Gasteiger charge is -2.51. The molecular weight excluding hydrogens is 754 g/mol. The van der Waals surface area contributed by atoms with Crippen molar-refractivity contribution in [2.24, 2.45) is 0 Å². The molecule has 1 nitrogen and oxygen atoms in total. The van der Waals surface area contributed by atoms with Gasteiger partial charge in [-0.2, -0.15) is 0 Å². The zero-order valence-corrected chi connectivity index (χ0v) is 35.6. The van der Waals surface area contributed by atoms with Crippen LogP contribution in [0.4, 0.5) is 17.1 Å². The third-order valence-corrected chi connectivity index (χ3v) is 16.7. The van der Waals surface area contributed by atoms with E-state index in [4.69, 9.17) is 0 Å². The van der Waals surface area contributed by atoms with E-state index in [-0.39, 0.29) is 12.1 Å². The molecule has 2 aliphatic rings. The summed E-state index contributed by atoms with van der Waals surface area (Å²) in [7, 11) is -2.01. The van der Waals surface area contributed by atoms with E-state index in [9.17, 15) is 0 Å². The van der Waals surface area contributed by atoms with Crippen LogP contribution in [0.1, 0.15) is 26.3 Å². The first kappa shape index (κ1) is 37.2. The van der Waals surface area contributed by atoms with E-state index < -0.39 is 10.0 Å². The molecule has 0 N–H and O–H groups in total. The highest BCUT2D eigenvalue weighted by atomic mass is 32.3. The van der Waals surface area contributed by atoms with Gasteiger partial charge in [-0.05, 0) is 121 Å². The molecule has 0 spiro atoms. The Morgan fingerprint density at radius 3 is 1.48 bits per heavy atom. The third kappa shape index (κ3) is 6.10. The van der Waals surface area contributed by atoms with Crippen molar-refractivity contribution >= 4 is 50.2 Å². The summed E-state index contributed by atoms with van der Waals surface area (Å²) in [6.45, 7) is 6.90. The van der Waals surface area contributed by atoms with Gasteiger partial charge in [0.15, 0.2) is 0 Å². The van der Waals surface area contributed by atoms with Crippen molar-refractivity contribution in [3.05, 3.63) is 230 Å². The standard InChI is InChI=1S/C58H46BNS/c1-58(2,3)47-33-28-44(29-34-47)46-39-54-57-56(40-46)61(49-22-12-6-13-23-49,50-24-14-7-15-25-50)55-27-17-16-26-51(55)59(57)52-38-45(42-20-10-5-11-21-42)32-37-53(52)60(54)48-35-30-43(31-36-48)41-18-8-4-9-19-41/h4-40H,1-3H3. The Bertz CT molecular complexity index is 2990. The van der Waals surface area contributed by atoms with Crippen LogP contribution in [0.3, 0.4) is 0 Å². The first-order chi connectivity index (χ1) is 29.9. The van der Waals surface area contributed by atoms with Gasteiger partial charge in [0.2, 0.25) is 6.71 Å². The Morgan fingerprint density at radius 2 is 0.869 bits per heavy atom. The molecule has 0 radical (unpaired) electrons. The molecule has 2 aliphatic heterocycles. The molecule has 0 saturated heterocycles. The molecule has 61 heavy (non-hydrogen) atoms. The summed E-state index contributed by atoms with van der Waals surface area (Å²) in [6, 6.07) is 84.5. The minimum atomic E-state index is -2.01. The van der Waals surface area contributed by atoms with Gasteiger partial charge in [-0.15, -0.1) is 10.0 Å². The number of fused-ring (bicyclic) bond motifs is 4. The summed E-state index contributed by atoms with van der Waals surface area (Å²) >= 11 is 0. The van der Waals surface area contributed by atoms with Gasteiger partial charge in [-0.3, -0.25) is 0 Å². The van der Waals surface area contributed by atoms with Crippen LogP contribution in [0.5, 0.6) is 0 Å². The molecule has 0 saturated carbocycles. The van der Waals surface area contributed by atoms with E-state index in [0.717, 1.165) is 5.69 Å². The summed E-state index contributed by atoms with van der Waals surface area (Å²) in [5.74, 6) is 0. The van der Waals surface area contributed by atoms with Gasteiger partial charge in [0.05, 0.1) is 0 Å². The Balaban J connectivity index is 1.27. The van der Waals surface area contributed by atoms with E-state index in [1.165, 1.54) is 86.3 Å². The lowest BCUT2D eigenvalue weighted by atomic mass is 9.34. The summed E-state index contributed by atoms with van der Waals surface area (Å²) < 4.78 is 0. The number of rotatable bonds is 6. The first-order valence-corrected chi connectivity index (χ1v) is 23.0. The Kier molecular flexibility index (Phi) is 8.98. The molecule has 0 fully saturated rings. The van der Waals surface area contributed by atoms with Gasteiger partial charge in [-0.1, -0.05) is 190 Å². The van der Waals surface area contributed by atoms with Crippen LogP contribution in [0, 0.1) is 0 Å². The van der Waals surface area contributed by atoms with Crippen LogP contribution in [-0.4, -0.2) is 6.71 Å². The van der Waals surface area contributed by atoms with Crippen LogP contribution < -0.4 is 21.3 Å².